The van der Waals surface area contributed by atoms with E-state index in [0.29, 0.717) is 24.9 Å². The summed E-state index contributed by atoms with van der Waals surface area (Å²) in [5.41, 5.74) is 0.868. The van der Waals surface area contributed by atoms with Crippen molar-refractivity contribution >= 4 is 17.9 Å². The van der Waals surface area contributed by atoms with Crippen molar-refractivity contribution in [3.8, 4) is 0 Å². The molecule has 0 aliphatic heterocycles. The SMILES string of the molecule is CCCOC(=O)C12CCC(C)(C)CC1C1=CCC3[C@@]4(C)CC(OC(C)=O)C(OC(C)=O)C(C)(C)C4CC[C@@]3(C)C1(C)CC2. The van der Waals surface area contributed by atoms with Crippen molar-refractivity contribution in [2.24, 2.45) is 50.2 Å². The van der Waals surface area contributed by atoms with E-state index in [-0.39, 0.29) is 50.9 Å². The summed E-state index contributed by atoms with van der Waals surface area (Å²) in [5.74, 6) is 0.320. The van der Waals surface area contributed by atoms with Gasteiger partial charge in [0, 0.05) is 19.3 Å². The van der Waals surface area contributed by atoms with Crippen LogP contribution in [0.25, 0.3) is 0 Å². The number of ether oxygens (including phenoxy) is 3. The van der Waals surface area contributed by atoms with Gasteiger partial charge in [-0.3, -0.25) is 14.4 Å². The molecule has 4 saturated carbocycles. The average molecular weight is 599 g/mol. The highest BCUT2D eigenvalue weighted by atomic mass is 16.6. The first-order chi connectivity index (χ1) is 19.9. The standard InChI is InChI=1S/C37H58O6/c1-11-20-41-31(40)37-18-16-32(4,5)21-26(37)25-12-13-29-34(8)22-27(42-23(2)38)30(43-24(3)39)33(6,7)28(34)14-15-36(29,10)35(25,9)17-19-37/h12,26-30H,11,13-22H2,1-10H3/t26?,27?,28?,29?,30?,34-,35?,36+,37?/m0/s1. The Morgan fingerprint density at radius 3 is 2.12 bits per heavy atom. The zero-order valence-electron chi connectivity index (χ0n) is 28.7. The van der Waals surface area contributed by atoms with Crippen molar-refractivity contribution in [3.63, 3.8) is 0 Å². The van der Waals surface area contributed by atoms with Crippen LogP contribution < -0.4 is 0 Å². The zero-order chi connectivity index (χ0) is 31.8. The van der Waals surface area contributed by atoms with E-state index >= 15 is 0 Å². The predicted molar refractivity (Wildman–Crippen MR) is 167 cm³/mol. The summed E-state index contributed by atoms with van der Waals surface area (Å²) in [6.45, 7) is 22.1. The lowest BCUT2D eigenvalue weighted by atomic mass is 9.33. The number of carbonyl (C=O) groups is 3. The molecule has 5 aliphatic carbocycles. The molecule has 0 saturated heterocycles. The summed E-state index contributed by atoms with van der Waals surface area (Å²) < 4.78 is 17.9. The second kappa shape index (κ2) is 10.6. The van der Waals surface area contributed by atoms with Gasteiger partial charge < -0.3 is 14.2 Å². The van der Waals surface area contributed by atoms with Gasteiger partial charge in [-0.25, -0.2) is 0 Å². The molecule has 0 spiro atoms. The Hall–Kier alpha value is -1.85. The summed E-state index contributed by atoms with van der Waals surface area (Å²) in [6, 6.07) is 0. The van der Waals surface area contributed by atoms with Gasteiger partial charge in [0.15, 0.2) is 0 Å². The highest BCUT2D eigenvalue weighted by molar-refractivity contribution is 5.79. The van der Waals surface area contributed by atoms with E-state index in [1.165, 1.54) is 19.4 Å². The first-order valence-electron chi connectivity index (χ1n) is 17.1. The summed E-state index contributed by atoms with van der Waals surface area (Å²) >= 11 is 0. The number of fused-ring (bicyclic) bond motifs is 7. The molecule has 0 aromatic rings. The molecule has 0 amide bonds. The molecule has 0 heterocycles. The fraction of sp³-hybridized carbons (Fsp3) is 0.865. The topological polar surface area (TPSA) is 78.9 Å². The Bertz CT molecular complexity index is 1180. The highest BCUT2D eigenvalue weighted by Crippen LogP contribution is 2.76. The number of rotatable bonds is 5. The Balaban J connectivity index is 1.57. The van der Waals surface area contributed by atoms with Crippen LogP contribution in [-0.4, -0.2) is 36.7 Å². The number of carbonyl (C=O) groups excluding carboxylic acids is 3. The van der Waals surface area contributed by atoms with Gasteiger partial charge in [0.05, 0.1) is 12.0 Å². The van der Waals surface area contributed by atoms with Gasteiger partial charge in [0.25, 0.3) is 0 Å². The minimum atomic E-state index is -0.468. The summed E-state index contributed by atoms with van der Waals surface area (Å²) in [7, 11) is 0. The molecule has 6 nitrogen and oxygen atoms in total. The Morgan fingerprint density at radius 1 is 0.837 bits per heavy atom. The third-order valence-electron chi connectivity index (χ3n) is 14.0. The fourth-order valence-corrected chi connectivity index (χ4v) is 11.8. The third-order valence-corrected chi connectivity index (χ3v) is 14.0. The van der Waals surface area contributed by atoms with Crippen LogP contribution in [-0.2, 0) is 28.6 Å². The van der Waals surface area contributed by atoms with Crippen LogP contribution in [0, 0.1) is 50.2 Å². The van der Waals surface area contributed by atoms with Crippen molar-refractivity contribution in [1.82, 2.24) is 0 Å². The van der Waals surface area contributed by atoms with Gasteiger partial charge in [-0.1, -0.05) is 67.0 Å². The maximum absolute atomic E-state index is 13.9. The van der Waals surface area contributed by atoms with Crippen molar-refractivity contribution in [1.29, 1.82) is 0 Å². The summed E-state index contributed by atoms with van der Waals surface area (Å²) in [5, 5.41) is 0. The molecule has 0 aromatic carbocycles. The fourth-order valence-electron chi connectivity index (χ4n) is 11.8. The largest absolute Gasteiger partial charge is 0.465 e. The molecule has 0 N–H and O–H groups in total. The lowest BCUT2D eigenvalue weighted by Crippen LogP contribution is -2.67. The van der Waals surface area contributed by atoms with Gasteiger partial charge in [0.2, 0.25) is 0 Å². The molecule has 7 unspecified atom stereocenters. The molecule has 242 valence electrons. The number of hydrogen-bond donors (Lipinski definition) is 0. The van der Waals surface area contributed by atoms with E-state index in [2.05, 4.69) is 61.5 Å². The third kappa shape index (κ3) is 4.82. The second-order valence-electron chi connectivity index (χ2n) is 17.2. The van der Waals surface area contributed by atoms with E-state index < -0.39 is 17.6 Å². The molecular formula is C37H58O6. The molecule has 9 atom stereocenters. The molecule has 0 aromatic heterocycles. The summed E-state index contributed by atoms with van der Waals surface area (Å²) in [4.78, 5) is 38.5. The van der Waals surface area contributed by atoms with E-state index in [1.54, 1.807) is 0 Å². The van der Waals surface area contributed by atoms with Gasteiger partial charge in [-0.05, 0) is 104 Å². The van der Waals surface area contributed by atoms with Crippen LogP contribution in [0.15, 0.2) is 11.6 Å². The zero-order valence-corrected chi connectivity index (χ0v) is 28.7. The average Bonchev–Trinajstić information content (AvgIpc) is 2.89. The van der Waals surface area contributed by atoms with Gasteiger partial charge in [-0.15, -0.1) is 0 Å². The van der Waals surface area contributed by atoms with E-state index in [9.17, 15) is 14.4 Å². The van der Waals surface area contributed by atoms with E-state index in [0.717, 1.165) is 57.8 Å². The van der Waals surface area contributed by atoms with Crippen LogP contribution in [0.1, 0.15) is 133 Å². The smallest absolute Gasteiger partial charge is 0.312 e. The molecule has 6 heteroatoms. The molecule has 43 heavy (non-hydrogen) atoms. The highest BCUT2D eigenvalue weighted by Gasteiger charge is 2.71. The number of allylic oxidation sites excluding steroid dienone is 2. The first kappa shape index (κ1) is 32.5. The van der Waals surface area contributed by atoms with Crippen LogP contribution in [0.5, 0.6) is 0 Å². The van der Waals surface area contributed by atoms with Crippen molar-refractivity contribution in [2.45, 2.75) is 146 Å². The van der Waals surface area contributed by atoms with Crippen molar-refractivity contribution in [2.75, 3.05) is 6.61 Å². The quantitative estimate of drug-likeness (QED) is 0.180. The number of hydrogen-bond acceptors (Lipinski definition) is 6. The van der Waals surface area contributed by atoms with Gasteiger partial charge in [-0.2, -0.15) is 0 Å². The van der Waals surface area contributed by atoms with Crippen molar-refractivity contribution in [3.05, 3.63) is 11.6 Å². The van der Waals surface area contributed by atoms with E-state index in [1.807, 2.05) is 0 Å². The van der Waals surface area contributed by atoms with Crippen LogP contribution in [0.3, 0.4) is 0 Å². The minimum absolute atomic E-state index is 0.0235. The molecule has 5 aliphatic rings. The lowest BCUT2D eigenvalue weighted by Gasteiger charge is -2.71. The Labute approximate surface area is 260 Å². The predicted octanol–water partition coefficient (Wildman–Crippen LogP) is 8.21. The van der Waals surface area contributed by atoms with Crippen molar-refractivity contribution < 1.29 is 28.6 Å². The summed E-state index contributed by atoms with van der Waals surface area (Å²) in [6.07, 6.45) is 11.2. The number of esters is 3. The van der Waals surface area contributed by atoms with Crippen LogP contribution in [0.2, 0.25) is 0 Å². The molecular weight excluding hydrogens is 540 g/mol. The molecule has 4 fully saturated rings. The van der Waals surface area contributed by atoms with E-state index in [4.69, 9.17) is 14.2 Å². The normalized spacial score (nSPS) is 44.3. The van der Waals surface area contributed by atoms with Crippen LogP contribution >= 0.6 is 0 Å². The Kier molecular flexibility index (Phi) is 8.03. The van der Waals surface area contributed by atoms with Crippen LogP contribution in [0.4, 0.5) is 0 Å². The second-order valence-corrected chi connectivity index (χ2v) is 17.2. The molecule has 0 radical (unpaired) electrons. The Morgan fingerprint density at radius 2 is 1.49 bits per heavy atom. The first-order valence-corrected chi connectivity index (χ1v) is 17.1. The monoisotopic (exact) mass is 598 g/mol. The van der Waals surface area contributed by atoms with Gasteiger partial charge >= 0.3 is 17.9 Å². The minimum Gasteiger partial charge on any atom is -0.465 e. The van der Waals surface area contributed by atoms with Gasteiger partial charge in [0.1, 0.15) is 12.2 Å². The molecule has 0 bridgehead atoms. The maximum atomic E-state index is 13.9. The lowest BCUT2D eigenvalue weighted by molar-refractivity contribution is -0.244. The molecule has 5 rings (SSSR count). The maximum Gasteiger partial charge on any atom is 0.312 e.